The van der Waals surface area contributed by atoms with Crippen LogP contribution in [0.1, 0.15) is 43.6 Å². The van der Waals surface area contributed by atoms with Crippen LogP contribution in [0.15, 0.2) is 24.3 Å². The van der Waals surface area contributed by atoms with Crippen LogP contribution in [0.5, 0.6) is 0 Å². The van der Waals surface area contributed by atoms with Gasteiger partial charge in [0.15, 0.2) is 23.5 Å². The molecular weight excluding hydrogens is 508 g/mol. The molecule has 2 rings (SSSR count). The number of thiocarbonyl (C=S) groups is 1. The summed E-state index contributed by atoms with van der Waals surface area (Å²) in [6, 6.07) is 5.72. The second-order valence-electron chi connectivity index (χ2n) is 8.19. The lowest BCUT2D eigenvalue weighted by Gasteiger charge is -2.45. The fraction of sp³-hybridized carbons (Fsp3) is 0.478. The summed E-state index contributed by atoms with van der Waals surface area (Å²) in [4.78, 5) is 59.5. The SMILES string of the molecule is CC(=O)N[C@@H]1[C@@H](OC(C)=O)[C@H](OC(C)=O)[C@@H](COC(C)=O)O[C@H]1NC(=S)NNC(=O)c1ccc(C)cc1. The first-order valence-electron chi connectivity index (χ1n) is 11.2. The number of hydrogen-bond donors (Lipinski definition) is 4. The summed E-state index contributed by atoms with van der Waals surface area (Å²) >= 11 is 5.25. The van der Waals surface area contributed by atoms with E-state index in [0.717, 1.165) is 19.4 Å². The van der Waals surface area contributed by atoms with Gasteiger partial charge in [-0.15, -0.1) is 0 Å². The lowest BCUT2D eigenvalue weighted by Crippen LogP contribution is -2.70. The molecule has 0 radical (unpaired) electrons. The van der Waals surface area contributed by atoms with E-state index in [2.05, 4.69) is 21.5 Å². The third-order valence-corrected chi connectivity index (χ3v) is 5.21. The van der Waals surface area contributed by atoms with E-state index in [1.165, 1.54) is 13.8 Å². The Bertz CT molecular complexity index is 1030. The minimum absolute atomic E-state index is 0.112. The standard InChI is InChI=1S/C23H30N4O9S/c1-11-6-8-16(9-7-11)21(32)26-27-23(37)25-22-18(24-12(2)28)20(35-15(5)31)19(34-14(4)30)17(36-22)10-33-13(3)29/h6-9,17-20,22H,10H2,1-5H3,(H,24,28)(H,26,32)(H2,25,27,37)/t17-,18-,19-,20-,22-/m1/s1. The molecule has 1 aromatic carbocycles. The van der Waals surface area contributed by atoms with Crippen molar-refractivity contribution in [2.24, 2.45) is 0 Å². The number of hydrogen-bond acceptors (Lipinski definition) is 10. The van der Waals surface area contributed by atoms with E-state index < -0.39 is 60.3 Å². The number of esters is 3. The zero-order valence-corrected chi connectivity index (χ0v) is 21.8. The van der Waals surface area contributed by atoms with Gasteiger partial charge < -0.3 is 29.6 Å². The molecule has 0 aliphatic carbocycles. The Kier molecular flexibility index (Phi) is 10.8. The first-order chi connectivity index (χ1) is 17.4. The summed E-state index contributed by atoms with van der Waals surface area (Å²) in [5, 5.41) is 5.27. The minimum Gasteiger partial charge on any atom is -0.463 e. The lowest BCUT2D eigenvalue weighted by molar-refractivity contribution is -0.225. The fourth-order valence-electron chi connectivity index (χ4n) is 3.51. The van der Waals surface area contributed by atoms with Crippen molar-refractivity contribution in [3.05, 3.63) is 35.4 Å². The van der Waals surface area contributed by atoms with Crippen molar-refractivity contribution in [1.29, 1.82) is 0 Å². The van der Waals surface area contributed by atoms with E-state index in [4.69, 9.17) is 31.2 Å². The van der Waals surface area contributed by atoms with Crippen molar-refractivity contribution in [3.63, 3.8) is 0 Å². The number of rotatable bonds is 7. The first kappa shape index (κ1) is 29.5. The maximum absolute atomic E-state index is 12.4. The smallest absolute Gasteiger partial charge is 0.303 e. The molecular formula is C23H30N4O9S. The van der Waals surface area contributed by atoms with Crippen molar-refractivity contribution < 1.29 is 42.9 Å². The van der Waals surface area contributed by atoms with Gasteiger partial charge in [-0.3, -0.25) is 34.8 Å². The number of ether oxygens (including phenoxy) is 4. The van der Waals surface area contributed by atoms with Crippen molar-refractivity contribution in [1.82, 2.24) is 21.5 Å². The number of nitrogens with one attached hydrogen (secondary N) is 4. The molecule has 1 fully saturated rings. The van der Waals surface area contributed by atoms with E-state index in [0.29, 0.717) is 5.56 Å². The molecule has 13 nitrogen and oxygen atoms in total. The second-order valence-corrected chi connectivity index (χ2v) is 8.60. The second kappa shape index (κ2) is 13.5. The molecule has 37 heavy (non-hydrogen) atoms. The molecule has 202 valence electrons. The topological polar surface area (TPSA) is 170 Å². The largest absolute Gasteiger partial charge is 0.463 e. The van der Waals surface area contributed by atoms with Crippen LogP contribution in [0, 0.1) is 6.92 Å². The number of carbonyl (C=O) groups excluding carboxylic acids is 5. The molecule has 1 aromatic rings. The van der Waals surface area contributed by atoms with Gasteiger partial charge in [-0.2, -0.15) is 0 Å². The monoisotopic (exact) mass is 538 g/mol. The lowest BCUT2D eigenvalue weighted by atomic mass is 9.95. The Morgan fingerprint density at radius 2 is 1.46 bits per heavy atom. The Morgan fingerprint density at radius 3 is 2.00 bits per heavy atom. The van der Waals surface area contributed by atoms with E-state index in [-0.39, 0.29) is 11.7 Å². The van der Waals surface area contributed by atoms with Crippen LogP contribution < -0.4 is 21.5 Å². The highest BCUT2D eigenvalue weighted by Crippen LogP contribution is 2.26. The van der Waals surface area contributed by atoms with Gasteiger partial charge in [-0.05, 0) is 31.3 Å². The third kappa shape index (κ3) is 9.31. The van der Waals surface area contributed by atoms with E-state index in [9.17, 15) is 24.0 Å². The van der Waals surface area contributed by atoms with Crippen LogP contribution in [0.25, 0.3) is 0 Å². The van der Waals surface area contributed by atoms with Crippen LogP contribution in [-0.2, 0) is 38.1 Å². The van der Waals surface area contributed by atoms with Gasteiger partial charge in [0.05, 0.1) is 0 Å². The zero-order chi connectivity index (χ0) is 27.7. The van der Waals surface area contributed by atoms with Gasteiger partial charge >= 0.3 is 17.9 Å². The molecule has 1 heterocycles. The molecule has 1 aliphatic heterocycles. The average molecular weight is 539 g/mol. The van der Waals surface area contributed by atoms with Crippen LogP contribution in [0.2, 0.25) is 0 Å². The molecule has 1 saturated heterocycles. The predicted molar refractivity (Wildman–Crippen MR) is 132 cm³/mol. The van der Waals surface area contributed by atoms with Gasteiger partial charge in [-0.1, -0.05) is 17.7 Å². The average Bonchev–Trinajstić information content (AvgIpc) is 2.79. The Hall–Kier alpha value is -3.78. The fourth-order valence-corrected chi connectivity index (χ4v) is 3.68. The number of carbonyl (C=O) groups is 5. The molecule has 0 spiro atoms. The van der Waals surface area contributed by atoms with Crippen molar-refractivity contribution >= 4 is 47.1 Å². The Balaban J connectivity index is 2.25. The summed E-state index contributed by atoms with van der Waals surface area (Å²) in [6.07, 6.45) is -4.76. The molecule has 0 saturated carbocycles. The molecule has 4 N–H and O–H groups in total. The summed E-state index contributed by atoms with van der Waals surface area (Å²) in [5.74, 6) is -3.05. The van der Waals surface area contributed by atoms with Gasteiger partial charge in [-0.25, -0.2) is 0 Å². The normalized spacial score (nSPS) is 22.6. The molecule has 1 aliphatic rings. The number of hydrazine groups is 1. The van der Waals surface area contributed by atoms with Gasteiger partial charge in [0, 0.05) is 33.3 Å². The molecule has 5 atom stereocenters. The van der Waals surface area contributed by atoms with Gasteiger partial charge in [0.1, 0.15) is 18.8 Å². The number of benzene rings is 1. The Morgan fingerprint density at radius 1 is 0.865 bits per heavy atom. The minimum atomic E-state index is -1.25. The summed E-state index contributed by atoms with van der Waals surface area (Å²) < 4.78 is 21.7. The first-order valence-corrected chi connectivity index (χ1v) is 11.6. The molecule has 0 unspecified atom stereocenters. The highest BCUT2D eigenvalue weighted by Gasteiger charge is 2.51. The van der Waals surface area contributed by atoms with E-state index in [1.807, 2.05) is 6.92 Å². The summed E-state index contributed by atoms with van der Waals surface area (Å²) in [5.41, 5.74) is 6.33. The Labute approximate surface area is 218 Å². The van der Waals surface area contributed by atoms with Crippen molar-refractivity contribution in [2.75, 3.05) is 6.61 Å². The van der Waals surface area contributed by atoms with Crippen molar-refractivity contribution in [2.45, 2.75) is 65.2 Å². The summed E-state index contributed by atoms with van der Waals surface area (Å²) in [6.45, 7) is 6.21. The van der Waals surface area contributed by atoms with E-state index >= 15 is 0 Å². The van der Waals surface area contributed by atoms with Crippen LogP contribution in [0.4, 0.5) is 0 Å². The molecule has 14 heteroatoms. The third-order valence-electron chi connectivity index (χ3n) is 4.99. The van der Waals surface area contributed by atoms with E-state index in [1.54, 1.807) is 24.3 Å². The van der Waals surface area contributed by atoms with Crippen molar-refractivity contribution in [3.8, 4) is 0 Å². The quantitative estimate of drug-likeness (QED) is 0.156. The molecule has 0 aromatic heterocycles. The van der Waals surface area contributed by atoms with Gasteiger partial charge in [0.25, 0.3) is 5.91 Å². The molecule has 2 amide bonds. The summed E-state index contributed by atoms with van der Waals surface area (Å²) in [7, 11) is 0. The van der Waals surface area contributed by atoms with Crippen LogP contribution >= 0.6 is 12.2 Å². The highest BCUT2D eigenvalue weighted by atomic mass is 32.1. The maximum atomic E-state index is 12.4. The number of aryl methyl sites for hydroxylation is 1. The van der Waals surface area contributed by atoms with Gasteiger partial charge in [0.2, 0.25) is 5.91 Å². The zero-order valence-electron chi connectivity index (χ0n) is 21.0. The van der Waals surface area contributed by atoms with Crippen LogP contribution in [-0.4, -0.2) is 72.0 Å². The van der Waals surface area contributed by atoms with Crippen LogP contribution in [0.3, 0.4) is 0 Å². The molecule has 0 bridgehead atoms. The number of amides is 2. The highest BCUT2D eigenvalue weighted by molar-refractivity contribution is 7.80. The predicted octanol–water partition coefficient (Wildman–Crippen LogP) is -0.240. The maximum Gasteiger partial charge on any atom is 0.303 e.